The predicted molar refractivity (Wildman–Crippen MR) is 101 cm³/mol. The molecule has 0 radical (unpaired) electrons. The molecule has 0 saturated carbocycles. The summed E-state index contributed by atoms with van der Waals surface area (Å²) in [6.07, 6.45) is 1.14. The molecule has 0 aliphatic carbocycles. The number of anilines is 1. The molecule has 0 bridgehead atoms. The van der Waals surface area contributed by atoms with Gasteiger partial charge in [0.05, 0.1) is 16.1 Å². The number of aromatic carboxylic acids is 1. The van der Waals surface area contributed by atoms with E-state index in [1.165, 1.54) is 18.2 Å². The van der Waals surface area contributed by atoms with Crippen LogP contribution in [-0.4, -0.2) is 29.5 Å². The number of halogens is 2. The van der Waals surface area contributed by atoms with Crippen molar-refractivity contribution in [2.45, 2.75) is 4.90 Å². The van der Waals surface area contributed by atoms with Crippen molar-refractivity contribution in [2.24, 2.45) is 0 Å². The fourth-order valence-electron chi connectivity index (χ4n) is 3.07. The number of rotatable bonds is 4. The number of aromatic amines is 2. The molecule has 0 saturated heterocycles. The van der Waals surface area contributed by atoms with Crippen LogP contribution in [0.15, 0.2) is 52.3 Å². The van der Waals surface area contributed by atoms with Crippen LogP contribution in [0.5, 0.6) is 0 Å². The van der Waals surface area contributed by atoms with Crippen LogP contribution in [-0.2, 0) is 10.0 Å². The number of fused-ring (bicyclic) bond motifs is 3. The molecule has 0 unspecified atom stereocenters. The Balaban J connectivity index is 1.91. The van der Waals surface area contributed by atoms with E-state index in [1.54, 1.807) is 0 Å². The Morgan fingerprint density at radius 2 is 1.76 bits per heavy atom. The van der Waals surface area contributed by atoms with E-state index in [-0.39, 0.29) is 38.0 Å². The summed E-state index contributed by atoms with van der Waals surface area (Å²) in [4.78, 5) is 28.4. The van der Waals surface area contributed by atoms with E-state index < -0.39 is 33.2 Å². The number of carbonyl (C=O) groups is 1. The van der Waals surface area contributed by atoms with Crippen LogP contribution >= 0.6 is 0 Å². The molecule has 4 aromatic rings. The lowest BCUT2D eigenvalue weighted by molar-refractivity contribution is 0.0699. The molecule has 2 aromatic carbocycles. The molecule has 148 valence electrons. The highest BCUT2D eigenvalue weighted by Gasteiger charge is 2.20. The molecule has 4 N–H and O–H groups in total. The highest BCUT2D eigenvalue weighted by Crippen LogP contribution is 2.28. The van der Waals surface area contributed by atoms with Gasteiger partial charge in [-0.2, -0.15) is 0 Å². The molecular formula is C18H11F2N3O5S. The maximum absolute atomic E-state index is 13.3. The van der Waals surface area contributed by atoms with Crippen molar-refractivity contribution in [3.8, 4) is 0 Å². The summed E-state index contributed by atoms with van der Waals surface area (Å²) < 4.78 is 54.1. The molecule has 0 atom stereocenters. The summed E-state index contributed by atoms with van der Waals surface area (Å²) in [5, 5.41) is 9.58. The number of hydrogen-bond acceptors (Lipinski definition) is 4. The molecule has 0 spiro atoms. The molecule has 8 nitrogen and oxygen atoms in total. The summed E-state index contributed by atoms with van der Waals surface area (Å²) >= 11 is 0. The Hall–Kier alpha value is -3.73. The average Bonchev–Trinajstić information content (AvgIpc) is 3.06. The maximum Gasteiger partial charge on any atom is 0.337 e. The monoisotopic (exact) mass is 419 g/mol. The minimum atomic E-state index is -4.27. The highest BCUT2D eigenvalue weighted by molar-refractivity contribution is 7.92. The molecule has 29 heavy (non-hydrogen) atoms. The van der Waals surface area contributed by atoms with Crippen LogP contribution in [0.2, 0.25) is 0 Å². The highest BCUT2D eigenvalue weighted by atomic mass is 32.2. The van der Waals surface area contributed by atoms with Crippen LogP contribution in [0, 0.1) is 11.6 Å². The van der Waals surface area contributed by atoms with Gasteiger partial charge in [-0.25, -0.2) is 22.0 Å². The summed E-state index contributed by atoms with van der Waals surface area (Å²) in [6, 6.07) is 5.87. The van der Waals surface area contributed by atoms with Crippen molar-refractivity contribution in [3.63, 3.8) is 0 Å². The fourth-order valence-corrected chi connectivity index (χ4v) is 4.14. The molecular weight excluding hydrogens is 408 g/mol. The molecule has 0 aliphatic heterocycles. The van der Waals surface area contributed by atoms with E-state index in [0.29, 0.717) is 6.07 Å². The summed E-state index contributed by atoms with van der Waals surface area (Å²) in [5.41, 5.74) is -0.887. The number of sulfonamides is 1. The Labute approximate surface area is 160 Å². The van der Waals surface area contributed by atoms with Crippen molar-refractivity contribution in [3.05, 3.63) is 70.1 Å². The first-order valence-corrected chi connectivity index (χ1v) is 9.53. The quantitative estimate of drug-likeness (QED) is 0.404. The molecule has 2 aromatic heterocycles. The Kier molecular flexibility index (Phi) is 4.12. The number of aromatic nitrogens is 2. The van der Waals surface area contributed by atoms with Crippen LogP contribution in [0.1, 0.15) is 10.4 Å². The van der Waals surface area contributed by atoms with Gasteiger partial charge < -0.3 is 15.1 Å². The fraction of sp³-hybridized carbons (Fsp3) is 0. The first-order valence-electron chi connectivity index (χ1n) is 8.05. The molecule has 4 rings (SSSR count). The third-order valence-corrected chi connectivity index (χ3v) is 5.65. The SMILES string of the molecule is O=C(O)c1c[nH]c2c(=O)[nH]c3ccc(S(=O)(=O)Nc4cc(F)cc(F)c4)cc3c12. The topological polar surface area (TPSA) is 132 Å². The largest absolute Gasteiger partial charge is 0.478 e. The number of H-pyrrole nitrogens is 2. The first kappa shape index (κ1) is 18.6. The van der Waals surface area contributed by atoms with Crippen molar-refractivity contribution >= 4 is 43.5 Å². The zero-order valence-electron chi connectivity index (χ0n) is 14.3. The van der Waals surface area contributed by atoms with Gasteiger partial charge in [0.1, 0.15) is 17.2 Å². The minimum absolute atomic E-state index is 0.0235. The molecule has 0 amide bonds. The Morgan fingerprint density at radius 1 is 1.07 bits per heavy atom. The van der Waals surface area contributed by atoms with Gasteiger partial charge in [0.25, 0.3) is 15.6 Å². The second kappa shape index (κ2) is 6.41. The van der Waals surface area contributed by atoms with Crippen molar-refractivity contribution in [1.82, 2.24) is 9.97 Å². The van der Waals surface area contributed by atoms with Gasteiger partial charge in [-0.1, -0.05) is 0 Å². The van der Waals surface area contributed by atoms with E-state index in [4.69, 9.17) is 0 Å². The van der Waals surface area contributed by atoms with Crippen LogP contribution < -0.4 is 10.3 Å². The van der Waals surface area contributed by atoms with Gasteiger partial charge in [0.15, 0.2) is 0 Å². The number of carboxylic acids is 1. The molecule has 11 heteroatoms. The smallest absolute Gasteiger partial charge is 0.337 e. The van der Waals surface area contributed by atoms with Crippen molar-refractivity contribution < 1.29 is 27.1 Å². The first-order chi connectivity index (χ1) is 13.7. The lowest BCUT2D eigenvalue weighted by Crippen LogP contribution is -2.14. The van der Waals surface area contributed by atoms with E-state index >= 15 is 0 Å². The molecule has 0 fully saturated rings. The number of carboxylic acid groups (broad SMARTS) is 1. The zero-order valence-corrected chi connectivity index (χ0v) is 15.1. The summed E-state index contributed by atoms with van der Waals surface area (Å²) in [6.45, 7) is 0. The minimum Gasteiger partial charge on any atom is -0.478 e. The summed E-state index contributed by atoms with van der Waals surface area (Å²) in [7, 11) is -4.27. The van der Waals surface area contributed by atoms with Gasteiger partial charge in [0, 0.05) is 28.6 Å². The number of nitrogens with one attached hydrogen (secondary N) is 3. The van der Waals surface area contributed by atoms with Gasteiger partial charge in [-0.05, 0) is 30.3 Å². The number of pyridine rings is 1. The predicted octanol–water partition coefficient (Wildman–Crippen LogP) is 2.79. The Morgan fingerprint density at radius 3 is 2.41 bits per heavy atom. The lowest BCUT2D eigenvalue weighted by Gasteiger charge is -2.10. The molecule has 2 heterocycles. The molecule has 0 aliphatic rings. The van der Waals surface area contributed by atoms with Gasteiger partial charge in [0.2, 0.25) is 0 Å². The third kappa shape index (κ3) is 3.21. The number of benzene rings is 2. The zero-order chi connectivity index (χ0) is 20.9. The van der Waals surface area contributed by atoms with Crippen LogP contribution in [0.4, 0.5) is 14.5 Å². The second-order valence-electron chi connectivity index (χ2n) is 6.18. The van der Waals surface area contributed by atoms with E-state index in [9.17, 15) is 31.9 Å². The average molecular weight is 419 g/mol. The Bertz CT molecular complexity index is 1450. The maximum atomic E-state index is 13.3. The van der Waals surface area contributed by atoms with Gasteiger partial charge >= 0.3 is 5.97 Å². The standard InChI is InChI=1S/C18H11F2N3O5S/c19-8-3-9(20)5-10(4-8)23-29(27,28)11-1-2-14-12(6-11)15-13(18(25)26)7-21-16(15)17(24)22-14/h1-7,21,23H,(H,22,24)(H,25,26). The lowest BCUT2D eigenvalue weighted by atomic mass is 10.1. The number of hydrogen-bond donors (Lipinski definition) is 4. The summed E-state index contributed by atoms with van der Waals surface area (Å²) in [5.74, 6) is -3.22. The third-order valence-electron chi connectivity index (χ3n) is 4.27. The van der Waals surface area contributed by atoms with Gasteiger partial charge in [-0.15, -0.1) is 0 Å². The van der Waals surface area contributed by atoms with Crippen molar-refractivity contribution in [1.29, 1.82) is 0 Å². The van der Waals surface area contributed by atoms with E-state index in [2.05, 4.69) is 14.7 Å². The van der Waals surface area contributed by atoms with Crippen molar-refractivity contribution in [2.75, 3.05) is 4.72 Å². The van der Waals surface area contributed by atoms with E-state index in [0.717, 1.165) is 18.3 Å². The van der Waals surface area contributed by atoms with Crippen LogP contribution in [0.25, 0.3) is 21.8 Å². The van der Waals surface area contributed by atoms with Crippen LogP contribution in [0.3, 0.4) is 0 Å². The second-order valence-corrected chi connectivity index (χ2v) is 7.87. The van der Waals surface area contributed by atoms with E-state index in [1.807, 2.05) is 0 Å². The normalized spacial score (nSPS) is 11.8. The van der Waals surface area contributed by atoms with Gasteiger partial charge in [-0.3, -0.25) is 9.52 Å².